The van der Waals surface area contributed by atoms with E-state index in [9.17, 15) is 4.79 Å². The van der Waals surface area contributed by atoms with Crippen LogP contribution in [0, 0.1) is 0 Å². The number of hydrogen-bond acceptors (Lipinski definition) is 6. The summed E-state index contributed by atoms with van der Waals surface area (Å²) in [5.74, 6) is 0. The number of halogens is 1. The zero-order chi connectivity index (χ0) is 18.6. The van der Waals surface area contributed by atoms with Crippen molar-refractivity contribution in [3.63, 3.8) is 0 Å². The van der Waals surface area contributed by atoms with Gasteiger partial charge in [-0.2, -0.15) is 5.10 Å². The van der Waals surface area contributed by atoms with Crippen LogP contribution in [0.25, 0.3) is 17.1 Å². The van der Waals surface area contributed by atoms with Gasteiger partial charge in [-0.05, 0) is 27.6 Å². The number of aromatic amines is 1. The van der Waals surface area contributed by atoms with E-state index >= 15 is 0 Å². The first-order chi connectivity index (χ1) is 13.2. The van der Waals surface area contributed by atoms with E-state index in [1.807, 2.05) is 42.5 Å². The summed E-state index contributed by atoms with van der Waals surface area (Å²) in [7, 11) is 0. The molecule has 134 valence electrons. The maximum atomic E-state index is 12.1. The molecule has 27 heavy (non-hydrogen) atoms. The van der Waals surface area contributed by atoms with Crippen LogP contribution in [0.2, 0.25) is 5.02 Å². The molecule has 0 aliphatic rings. The minimum absolute atomic E-state index is 0.312. The second-order valence-corrected chi connectivity index (χ2v) is 6.75. The van der Waals surface area contributed by atoms with Crippen molar-refractivity contribution in [2.24, 2.45) is 5.10 Å². The highest BCUT2D eigenvalue weighted by Gasteiger charge is 2.27. The molecule has 4 aromatic rings. The lowest BCUT2D eigenvalue weighted by molar-refractivity contribution is -0.660. The van der Waals surface area contributed by atoms with Crippen LogP contribution in [0.1, 0.15) is 5.56 Å². The Morgan fingerprint density at radius 2 is 1.96 bits per heavy atom. The standard InChI is InChI=1S/C18H12ClN5O2S/c19-13-8-6-12(7-9-13)10-20-22-18-21-15(11-27-18)16-17(25)26-23-24(16)14-4-2-1-3-5-14/h1-11H,(H-,21,22,23,25)/p+1/b20-10+. The SMILES string of the molecule is O=c1o[nH][n+](-c2ccccc2)c1-c1csc(N/N=C/c2ccc(Cl)cc2)n1. The lowest BCUT2D eigenvalue weighted by atomic mass is 10.2. The van der Waals surface area contributed by atoms with Gasteiger partial charge in [-0.3, -0.25) is 9.95 Å². The zero-order valence-corrected chi connectivity index (χ0v) is 15.4. The Bertz CT molecular complexity index is 1130. The van der Waals surface area contributed by atoms with Crippen LogP contribution in [-0.4, -0.2) is 16.5 Å². The third-order valence-electron chi connectivity index (χ3n) is 3.65. The molecule has 2 aromatic heterocycles. The molecule has 4 rings (SSSR count). The lowest BCUT2D eigenvalue weighted by Crippen LogP contribution is -2.36. The Labute approximate surface area is 162 Å². The Morgan fingerprint density at radius 1 is 1.19 bits per heavy atom. The van der Waals surface area contributed by atoms with Crippen molar-refractivity contribution in [1.29, 1.82) is 0 Å². The van der Waals surface area contributed by atoms with Gasteiger partial charge in [-0.1, -0.05) is 41.9 Å². The number of rotatable bonds is 5. The van der Waals surface area contributed by atoms with E-state index in [0.717, 1.165) is 11.3 Å². The number of para-hydroxylation sites is 1. The quantitative estimate of drug-likeness (QED) is 0.306. The monoisotopic (exact) mass is 398 g/mol. The fourth-order valence-corrected chi connectivity index (χ4v) is 3.17. The van der Waals surface area contributed by atoms with E-state index in [0.29, 0.717) is 21.5 Å². The van der Waals surface area contributed by atoms with Crippen molar-refractivity contribution in [3.8, 4) is 17.1 Å². The number of H-pyrrole nitrogens is 1. The van der Waals surface area contributed by atoms with Crippen LogP contribution in [0.3, 0.4) is 0 Å². The normalized spacial score (nSPS) is 11.1. The van der Waals surface area contributed by atoms with Gasteiger partial charge >= 0.3 is 11.3 Å². The molecule has 2 aromatic carbocycles. The van der Waals surface area contributed by atoms with Crippen molar-refractivity contribution in [3.05, 3.63) is 81.0 Å². The fraction of sp³-hybridized carbons (Fsp3) is 0. The molecule has 0 unspecified atom stereocenters. The molecule has 0 aliphatic heterocycles. The number of benzene rings is 2. The van der Waals surface area contributed by atoms with E-state index < -0.39 is 5.63 Å². The summed E-state index contributed by atoms with van der Waals surface area (Å²) in [6, 6.07) is 16.6. The predicted molar refractivity (Wildman–Crippen MR) is 105 cm³/mol. The third kappa shape index (κ3) is 3.81. The summed E-state index contributed by atoms with van der Waals surface area (Å²) in [4.78, 5) is 16.6. The third-order valence-corrected chi connectivity index (χ3v) is 4.65. The number of aromatic nitrogens is 3. The number of hydrazone groups is 1. The summed E-state index contributed by atoms with van der Waals surface area (Å²) in [6.07, 6.45) is 1.66. The summed E-state index contributed by atoms with van der Waals surface area (Å²) in [5, 5.41) is 9.74. The van der Waals surface area contributed by atoms with Gasteiger partial charge in [0.05, 0.1) is 6.21 Å². The van der Waals surface area contributed by atoms with Crippen molar-refractivity contribution < 1.29 is 9.20 Å². The Balaban J connectivity index is 1.56. The van der Waals surface area contributed by atoms with Gasteiger partial charge in [0.15, 0.2) is 5.69 Å². The lowest BCUT2D eigenvalue weighted by Gasteiger charge is -1.94. The molecular formula is C18H13ClN5O2S+. The van der Waals surface area contributed by atoms with Crippen LogP contribution >= 0.6 is 22.9 Å². The molecule has 0 amide bonds. The van der Waals surface area contributed by atoms with Crippen molar-refractivity contribution in [1.82, 2.24) is 10.3 Å². The van der Waals surface area contributed by atoms with E-state index in [-0.39, 0.29) is 0 Å². The van der Waals surface area contributed by atoms with Gasteiger partial charge < -0.3 is 0 Å². The highest BCUT2D eigenvalue weighted by atomic mass is 35.5. The molecule has 2 N–H and O–H groups in total. The van der Waals surface area contributed by atoms with Gasteiger partial charge in [0.25, 0.3) is 0 Å². The van der Waals surface area contributed by atoms with Gasteiger partial charge in [0.2, 0.25) is 10.8 Å². The Hall–Kier alpha value is -3.23. The van der Waals surface area contributed by atoms with E-state index in [1.165, 1.54) is 11.3 Å². The van der Waals surface area contributed by atoms with Gasteiger partial charge in [0, 0.05) is 22.5 Å². The smallest absolute Gasteiger partial charge is 0.282 e. The molecule has 0 bridgehead atoms. The van der Waals surface area contributed by atoms with Crippen molar-refractivity contribution in [2.75, 3.05) is 5.43 Å². The zero-order valence-electron chi connectivity index (χ0n) is 13.8. The highest BCUT2D eigenvalue weighted by molar-refractivity contribution is 7.14. The highest BCUT2D eigenvalue weighted by Crippen LogP contribution is 2.21. The molecule has 0 radical (unpaired) electrons. The summed E-state index contributed by atoms with van der Waals surface area (Å²) < 4.78 is 6.50. The number of anilines is 1. The first kappa shape index (κ1) is 17.2. The number of hydrogen-bond donors (Lipinski definition) is 2. The van der Waals surface area contributed by atoms with Gasteiger partial charge in [-0.15, -0.1) is 11.3 Å². The van der Waals surface area contributed by atoms with Crippen LogP contribution in [-0.2, 0) is 0 Å². The van der Waals surface area contributed by atoms with Crippen LogP contribution in [0.4, 0.5) is 5.13 Å². The maximum Gasteiger partial charge on any atom is 0.437 e. The minimum atomic E-state index is -0.500. The molecule has 0 saturated heterocycles. The van der Waals surface area contributed by atoms with Gasteiger partial charge in [-0.25, -0.2) is 9.78 Å². The summed E-state index contributed by atoms with van der Waals surface area (Å²) in [5.41, 5.74) is 4.83. The molecule has 7 nitrogen and oxygen atoms in total. The second-order valence-electron chi connectivity index (χ2n) is 5.46. The van der Waals surface area contributed by atoms with Crippen molar-refractivity contribution >= 4 is 34.3 Å². The van der Waals surface area contributed by atoms with E-state index in [4.69, 9.17) is 16.1 Å². The molecular weight excluding hydrogens is 386 g/mol. The first-order valence-electron chi connectivity index (χ1n) is 7.90. The molecule has 0 spiro atoms. The number of nitrogens with one attached hydrogen (secondary N) is 2. The molecule has 2 heterocycles. The molecule has 0 atom stereocenters. The number of thiazole rings is 1. The first-order valence-corrected chi connectivity index (χ1v) is 9.16. The minimum Gasteiger partial charge on any atom is -0.282 e. The van der Waals surface area contributed by atoms with E-state index in [2.05, 4.69) is 20.8 Å². The summed E-state index contributed by atoms with van der Waals surface area (Å²) in [6.45, 7) is 0. The molecule has 9 heteroatoms. The van der Waals surface area contributed by atoms with Crippen LogP contribution < -0.4 is 15.7 Å². The van der Waals surface area contributed by atoms with E-state index in [1.54, 1.807) is 28.4 Å². The predicted octanol–water partition coefficient (Wildman–Crippen LogP) is 3.47. The average molecular weight is 399 g/mol. The molecule has 0 fully saturated rings. The largest absolute Gasteiger partial charge is 0.437 e. The Morgan fingerprint density at radius 3 is 2.74 bits per heavy atom. The Kier molecular flexibility index (Phi) is 4.82. The topological polar surface area (TPSA) is 87.2 Å². The van der Waals surface area contributed by atoms with Crippen LogP contribution in [0.15, 0.2) is 74.4 Å². The maximum absolute atomic E-state index is 12.1. The van der Waals surface area contributed by atoms with Crippen molar-refractivity contribution in [2.45, 2.75) is 0 Å². The average Bonchev–Trinajstić information content (AvgIpc) is 3.30. The molecule has 0 saturated carbocycles. The van der Waals surface area contributed by atoms with Gasteiger partial charge in [0.1, 0.15) is 0 Å². The molecule has 0 aliphatic carbocycles. The second kappa shape index (κ2) is 7.56. The number of nitrogens with zero attached hydrogens (tertiary/aromatic N) is 3. The van der Waals surface area contributed by atoms with Crippen LogP contribution in [0.5, 0.6) is 0 Å². The summed E-state index contributed by atoms with van der Waals surface area (Å²) >= 11 is 7.19. The fourth-order valence-electron chi connectivity index (χ4n) is 2.40.